The molecule has 3 N–H and O–H groups in total. The molecule has 0 unspecified atom stereocenters. The number of hydrogen-bond donors (Lipinski definition) is 3. The minimum atomic E-state index is -4.54. The SMILES string of the molecule is O=C(NC1(CO)CCOCC1)c1[nH]c(-c2ccccc2C(F)(F)F)c2cccc[n+]12. The van der Waals surface area contributed by atoms with Gasteiger partial charge in [-0.3, -0.25) is 4.79 Å². The van der Waals surface area contributed by atoms with Crippen LogP contribution in [-0.4, -0.2) is 41.4 Å². The second kappa shape index (κ2) is 7.73. The Balaban J connectivity index is 1.80. The fourth-order valence-corrected chi connectivity index (χ4v) is 3.79. The van der Waals surface area contributed by atoms with Crippen LogP contribution in [0.1, 0.15) is 29.0 Å². The van der Waals surface area contributed by atoms with Crippen LogP contribution < -0.4 is 9.72 Å². The Kier molecular flexibility index (Phi) is 5.25. The van der Waals surface area contributed by atoms with E-state index in [2.05, 4.69) is 10.3 Å². The van der Waals surface area contributed by atoms with E-state index in [1.807, 2.05) is 0 Å². The maximum atomic E-state index is 13.6. The predicted molar refractivity (Wildman–Crippen MR) is 102 cm³/mol. The number of rotatable bonds is 4. The van der Waals surface area contributed by atoms with Gasteiger partial charge in [0, 0.05) is 18.8 Å². The molecular formula is C21H21F3N3O3+. The van der Waals surface area contributed by atoms with Gasteiger partial charge in [0.15, 0.2) is 11.2 Å². The third kappa shape index (κ3) is 3.66. The Bertz CT molecular complexity index is 1070. The van der Waals surface area contributed by atoms with E-state index in [-0.39, 0.29) is 23.7 Å². The lowest BCUT2D eigenvalue weighted by molar-refractivity contribution is -0.514. The molecule has 6 nitrogen and oxygen atoms in total. The maximum Gasteiger partial charge on any atom is 0.417 e. The van der Waals surface area contributed by atoms with Crippen molar-refractivity contribution in [2.75, 3.05) is 19.8 Å². The predicted octanol–water partition coefficient (Wildman–Crippen LogP) is 2.71. The first-order valence-corrected chi connectivity index (χ1v) is 9.55. The number of ether oxygens (including phenoxy) is 1. The zero-order chi connectivity index (χ0) is 21.4. The second-order valence-electron chi connectivity index (χ2n) is 7.35. The van der Waals surface area contributed by atoms with Gasteiger partial charge in [-0.15, -0.1) is 0 Å². The summed E-state index contributed by atoms with van der Waals surface area (Å²) in [6, 6.07) is 10.3. The molecule has 0 bridgehead atoms. The number of H-pyrrole nitrogens is 1. The van der Waals surface area contributed by atoms with Crippen molar-refractivity contribution in [3.63, 3.8) is 0 Å². The molecule has 3 aromatic rings. The first-order valence-electron chi connectivity index (χ1n) is 9.55. The highest BCUT2D eigenvalue weighted by molar-refractivity contribution is 5.92. The number of aliphatic hydroxyl groups is 1. The van der Waals surface area contributed by atoms with Crippen LogP contribution >= 0.6 is 0 Å². The number of aromatic nitrogens is 2. The average molecular weight is 420 g/mol. The number of nitrogens with zero attached hydrogens (tertiary/aromatic N) is 1. The molecule has 4 rings (SSSR count). The van der Waals surface area contributed by atoms with E-state index in [9.17, 15) is 23.1 Å². The molecule has 1 amide bonds. The highest BCUT2D eigenvalue weighted by atomic mass is 19.4. The first kappa shape index (κ1) is 20.4. The Labute approximate surface area is 170 Å². The number of nitrogens with one attached hydrogen (secondary N) is 2. The number of imidazole rings is 1. The lowest BCUT2D eigenvalue weighted by Crippen LogP contribution is -2.55. The van der Waals surface area contributed by atoms with Crippen LogP contribution in [0.3, 0.4) is 0 Å². The van der Waals surface area contributed by atoms with Crippen LogP contribution in [0.4, 0.5) is 13.2 Å². The van der Waals surface area contributed by atoms with Gasteiger partial charge in [0.1, 0.15) is 0 Å². The van der Waals surface area contributed by atoms with E-state index in [0.717, 1.165) is 6.07 Å². The fourth-order valence-electron chi connectivity index (χ4n) is 3.79. The first-order chi connectivity index (χ1) is 14.3. The van der Waals surface area contributed by atoms with Crippen LogP contribution in [-0.2, 0) is 10.9 Å². The molecule has 1 aliphatic heterocycles. The van der Waals surface area contributed by atoms with Crippen molar-refractivity contribution in [2.45, 2.75) is 24.6 Å². The number of pyridine rings is 1. The van der Waals surface area contributed by atoms with Crippen LogP contribution in [0.25, 0.3) is 16.8 Å². The van der Waals surface area contributed by atoms with Crippen LogP contribution in [0.2, 0.25) is 0 Å². The molecule has 0 spiro atoms. The molecule has 0 aliphatic carbocycles. The number of aromatic amines is 1. The van der Waals surface area contributed by atoms with Crippen molar-refractivity contribution in [3.05, 3.63) is 60.0 Å². The van der Waals surface area contributed by atoms with E-state index < -0.39 is 23.2 Å². The smallest absolute Gasteiger partial charge is 0.394 e. The summed E-state index contributed by atoms with van der Waals surface area (Å²) in [5.74, 6) is -0.431. The summed E-state index contributed by atoms with van der Waals surface area (Å²) in [6.45, 7) is 0.558. The molecule has 1 aliphatic rings. The second-order valence-corrected chi connectivity index (χ2v) is 7.35. The van der Waals surface area contributed by atoms with Gasteiger partial charge < -0.3 is 15.2 Å². The molecule has 0 saturated carbocycles. The lowest BCUT2D eigenvalue weighted by atomic mass is 9.91. The van der Waals surface area contributed by atoms with Gasteiger partial charge in [-0.2, -0.15) is 17.6 Å². The number of amides is 1. The van der Waals surface area contributed by atoms with Crippen molar-refractivity contribution >= 4 is 11.4 Å². The Morgan fingerprint density at radius 3 is 2.57 bits per heavy atom. The van der Waals surface area contributed by atoms with Crippen LogP contribution in [0, 0.1) is 0 Å². The number of carbonyl (C=O) groups is 1. The zero-order valence-electron chi connectivity index (χ0n) is 16.0. The highest BCUT2D eigenvalue weighted by Crippen LogP contribution is 2.37. The quantitative estimate of drug-likeness (QED) is 0.568. The van der Waals surface area contributed by atoms with Gasteiger partial charge in [-0.1, -0.05) is 18.2 Å². The Morgan fingerprint density at radius 2 is 1.87 bits per heavy atom. The number of hydrogen-bond acceptors (Lipinski definition) is 3. The summed E-state index contributed by atoms with van der Waals surface area (Å²) >= 11 is 0. The maximum absolute atomic E-state index is 13.6. The third-order valence-electron chi connectivity index (χ3n) is 5.45. The number of aliphatic hydroxyl groups excluding tert-OH is 1. The third-order valence-corrected chi connectivity index (χ3v) is 5.45. The van der Waals surface area contributed by atoms with Crippen LogP contribution in [0.15, 0.2) is 48.7 Å². The largest absolute Gasteiger partial charge is 0.417 e. The summed E-state index contributed by atoms with van der Waals surface area (Å²) in [5.41, 5.74) is -1.04. The fraction of sp³-hybridized carbons (Fsp3) is 0.333. The molecule has 0 atom stereocenters. The van der Waals surface area contributed by atoms with E-state index in [1.165, 1.54) is 22.6 Å². The highest BCUT2D eigenvalue weighted by Gasteiger charge is 2.39. The molecule has 0 radical (unpaired) electrons. The minimum Gasteiger partial charge on any atom is -0.394 e. The number of carbonyl (C=O) groups excluding carboxylic acids is 1. The van der Waals surface area contributed by atoms with Gasteiger partial charge in [0.2, 0.25) is 0 Å². The number of alkyl halides is 3. The molecule has 158 valence electrons. The number of fused-ring (bicyclic) bond motifs is 1. The van der Waals surface area contributed by atoms with Gasteiger partial charge in [0.25, 0.3) is 0 Å². The van der Waals surface area contributed by atoms with Crippen LogP contribution in [0.5, 0.6) is 0 Å². The van der Waals surface area contributed by atoms with E-state index in [0.29, 0.717) is 31.6 Å². The molecule has 9 heteroatoms. The molecular weight excluding hydrogens is 399 g/mol. The standard InChI is InChI=1S/C21H20F3N3O3/c22-21(23,24)15-6-2-1-5-14(15)17-16-7-3-4-10-27(16)18(25-17)19(29)26-20(13-28)8-11-30-12-9-20/h1-7,10,28H,8-9,11-13H2,(H,26,29)/p+1. The Morgan fingerprint density at radius 1 is 1.17 bits per heavy atom. The minimum absolute atomic E-state index is 0.0457. The van der Waals surface area contributed by atoms with Gasteiger partial charge in [-0.05, 0) is 37.1 Å². The van der Waals surface area contributed by atoms with Crippen molar-refractivity contribution in [1.82, 2.24) is 10.3 Å². The van der Waals surface area contributed by atoms with Crippen molar-refractivity contribution < 1.29 is 32.2 Å². The monoisotopic (exact) mass is 420 g/mol. The van der Waals surface area contributed by atoms with E-state index in [4.69, 9.17) is 4.74 Å². The molecule has 1 aromatic carbocycles. The summed E-state index contributed by atoms with van der Waals surface area (Å²) < 4.78 is 47.5. The van der Waals surface area contributed by atoms with Gasteiger partial charge in [0.05, 0.1) is 23.9 Å². The van der Waals surface area contributed by atoms with E-state index in [1.54, 1.807) is 24.4 Å². The lowest BCUT2D eigenvalue weighted by Gasteiger charge is -2.35. The van der Waals surface area contributed by atoms with E-state index >= 15 is 0 Å². The summed E-state index contributed by atoms with van der Waals surface area (Å²) in [7, 11) is 0. The normalized spacial score (nSPS) is 16.5. The molecule has 1 fully saturated rings. The van der Waals surface area contributed by atoms with Gasteiger partial charge >= 0.3 is 17.9 Å². The van der Waals surface area contributed by atoms with Crippen molar-refractivity contribution in [3.8, 4) is 11.3 Å². The van der Waals surface area contributed by atoms with Crippen molar-refractivity contribution in [1.29, 1.82) is 0 Å². The Hall–Kier alpha value is -2.91. The summed E-state index contributed by atoms with van der Waals surface area (Å²) in [4.78, 5) is 16.0. The molecule has 1 saturated heterocycles. The molecule has 30 heavy (non-hydrogen) atoms. The molecule has 2 aromatic heterocycles. The number of benzene rings is 1. The summed E-state index contributed by atoms with van der Waals surface area (Å²) in [5, 5.41) is 12.7. The molecule has 3 heterocycles. The average Bonchev–Trinajstić information content (AvgIpc) is 3.13. The zero-order valence-corrected chi connectivity index (χ0v) is 16.0. The van der Waals surface area contributed by atoms with Gasteiger partial charge in [-0.25, -0.2) is 4.98 Å². The number of halogens is 3. The topological polar surface area (TPSA) is 78.4 Å². The summed E-state index contributed by atoms with van der Waals surface area (Å²) in [6.07, 6.45) is -2.04. The van der Waals surface area contributed by atoms with Crippen molar-refractivity contribution in [2.24, 2.45) is 0 Å².